The van der Waals surface area contributed by atoms with Gasteiger partial charge in [0.25, 0.3) is 0 Å². The van der Waals surface area contributed by atoms with Gasteiger partial charge in [-0.15, -0.1) is 0 Å². The minimum absolute atomic E-state index is 0.000598. The zero-order valence-corrected chi connectivity index (χ0v) is 12.2. The van der Waals surface area contributed by atoms with E-state index in [0.717, 1.165) is 5.69 Å². The monoisotopic (exact) mass is 249 g/mol. The van der Waals surface area contributed by atoms with Crippen LogP contribution in [-0.2, 0) is 0 Å². The van der Waals surface area contributed by atoms with Gasteiger partial charge in [-0.2, -0.15) is 0 Å². The molecule has 0 amide bonds. The van der Waals surface area contributed by atoms with Crippen molar-refractivity contribution in [2.45, 2.75) is 47.6 Å². The fourth-order valence-corrected chi connectivity index (χ4v) is 1.82. The van der Waals surface area contributed by atoms with Gasteiger partial charge in [0.2, 0.25) is 0 Å². The van der Waals surface area contributed by atoms with E-state index in [0.29, 0.717) is 5.76 Å². The largest absolute Gasteiger partial charge is 0.420 e. The summed E-state index contributed by atoms with van der Waals surface area (Å²) in [6, 6.07) is 0.110. The number of oxazole rings is 1. The molecule has 1 aliphatic rings. The lowest BCUT2D eigenvalue weighted by Gasteiger charge is -2.12. The molecular weight excluding hydrogens is 226 g/mol. The summed E-state index contributed by atoms with van der Waals surface area (Å²) in [5.74, 6) is 0.370. The first kappa shape index (κ1) is 14.6. The Morgan fingerprint density at radius 3 is 2.28 bits per heavy atom. The predicted octanol–water partition coefficient (Wildman–Crippen LogP) is 4.11. The number of aromatic nitrogens is 1. The van der Waals surface area contributed by atoms with Crippen LogP contribution in [0.5, 0.6) is 0 Å². The van der Waals surface area contributed by atoms with Crippen molar-refractivity contribution >= 4 is 12.2 Å². The minimum Gasteiger partial charge on any atom is -0.408 e. The summed E-state index contributed by atoms with van der Waals surface area (Å²) in [4.78, 5) is 11.6. The second kappa shape index (κ2) is 5.42. The Morgan fingerprint density at radius 2 is 1.72 bits per heavy atom. The third-order valence-corrected chi connectivity index (χ3v) is 2.76. The molecule has 18 heavy (non-hydrogen) atoms. The van der Waals surface area contributed by atoms with Gasteiger partial charge in [-0.1, -0.05) is 39.8 Å². The lowest BCUT2D eigenvalue weighted by atomic mass is 9.93. The van der Waals surface area contributed by atoms with Gasteiger partial charge in [0, 0.05) is 11.5 Å². The fraction of sp³-hybridized carbons (Fsp3) is 0.533. The quantitative estimate of drug-likeness (QED) is 0.750. The maximum atomic E-state index is 11.6. The second-order valence-corrected chi connectivity index (χ2v) is 5.07. The summed E-state index contributed by atoms with van der Waals surface area (Å²) in [5, 5.41) is 0. The molecule has 0 aromatic carbocycles. The van der Waals surface area contributed by atoms with E-state index in [1.807, 2.05) is 45.9 Å². The molecule has 0 fully saturated rings. The molecule has 3 heteroatoms. The van der Waals surface area contributed by atoms with Gasteiger partial charge < -0.3 is 4.42 Å². The van der Waals surface area contributed by atoms with Crippen LogP contribution < -0.4 is 5.76 Å². The average molecular weight is 249 g/mol. The van der Waals surface area contributed by atoms with Crippen LogP contribution in [0.15, 0.2) is 21.4 Å². The third kappa shape index (κ3) is 2.84. The Bertz CT molecular complexity index is 513. The molecule has 0 unspecified atom stereocenters. The van der Waals surface area contributed by atoms with Crippen molar-refractivity contribution in [1.82, 2.24) is 4.57 Å². The molecule has 0 spiro atoms. The molecule has 0 aliphatic heterocycles. The molecule has 1 aromatic heterocycles. The number of hydrogen-bond donors (Lipinski definition) is 0. The Morgan fingerprint density at radius 1 is 1.17 bits per heavy atom. The van der Waals surface area contributed by atoms with Crippen molar-refractivity contribution in [2.24, 2.45) is 5.41 Å². The fourth-order valence-electron chi connectivity index (χ4n) is 1.82. The first-order valence-corrected chi connectivity index (χ1v) is 6.54. The molecular formula is C15H23NO2. The van der Waals surface area contributed by atoms with Crippen LogP contribution in [0.25, 0.3) is 12.2 Å². The van der Waals surface area contributed by atoms with Crippen LogP contribution in [0.4, 0.5) is 0 Å². The highest BCUT2D eigenvalue weighted by molar-refractivity contribution is 5.62. The van der Waals surface area contributed by atoms with Gasteiger partial charge in [-0.25, -0.2) is 4.79 Å². The van der Waals surface area contributed by atoms with Gasteiger partial charge >= 0.3 is 5.76 Å². The van der Waals surface area contributed by atoms with E-state index in [-0.39, 0.29) is 17.2 Å². The molecule has 0 atom stereocenters. The lowest BCUT2D eigenvalue weighted by Crippen LogP contribution is -2.17. The Balaban J connectivity index is 0.000000771. The molecule has 1 aliphatic carbocycles. The van der Waals surface area contributed by atoms with Crippen molar-refractivity contribution in [3.05, 3.63) is 34.2 Å². The maximum absolute atomic E-state index is 11.6. The summed E-state index contributed by atoms with van der Waals surface area (Å²) < 4.78 is 6.92. The van der Waals surface area contributed by atoms with Crippen LogP contribution in [-0.4, -0.2) is 4.57 Å². The standard InChI is InChI=1S/C13H17NO2.C2H6/c1-9(2)14-10-5-7-13(3,4)8-6-11(10)16-12(14)15;1-2/h5-9H,1-4H3;1-2H3. The van der Waals surface area contributed by atoms with Crippen LogP contribution in [0.1, 0.15) is 59.0 Å². The number of allylic oxidation sites excluding steroid dienone is 2. The highest BCUT2D eigenvalue weighted by atomic mass is 16.4. The molecule has 3 nitrogen and oxygen atoms in total. The van der Waals surface area contributed by atoms with Gasteiger partial charge in [-0.05, 0) is 26.0 Å². The van der Waals surface area contributed by atoms with Gasteiger partial charge in [0.05, 0.1) is 5.69 Å². The summed E-state index contributed by atoms with van der Waals surface area (Å²) in [7, 11) is 0. The van der Waals surface area contributed by atoms with Crippen molar-refractivity contribution < 1.29 is 4.42 Å². The zero-order valence-electron chi connectivity index (χ0n) is 12.2. The minimum atomic E-state index is -0.283. The normalized spacial score (nSPS) is 15.9. The first-order valence-electron chi connectivity index (χ1n) is 6.54. The summed E-state index contributed by atoms with van der Waals surface area (Å²) in [5.41, 5.74) is 0.862. The van der Waals surface area contributed by atoms with Crippen molar-refractivity contribution in [3.63, 3.8) is 0 Å². The predicted molar refractivity (Wildman–Crippen MR) is 76.6 cm³/mol. The Labute approximate surface area is 109 Å². The second-order valence-electron chi connectivity index (χ2n) is 5.07. The topological polar surface area (TPSA) is 35.1 Å². The van der Waals surface area contributed by atoms with Gasteiger partial charge in [0.15, 0.2) is 5.76 Å². The van der Waals surface area contributed by atoms with E-state index in [4.69, 9.17) is 4.42 Å². The molecule has 100 valence electrons. The number of nitrogens with zero attached hydrogens (tertiary/aromatic N) is 1. The van der Waals surface area contributed by atoms with Crippen LogP contribution in [0, 0.1) is 5.41 Å². The molecule has 0 N–H and O–H groups in total. The number of rotatable bonds is 1. The Hall–Kier alpha value is -1.51. The molecule has 0 saturated carbocycles. The highest BCUT2D eigenvalue weighted by Crippen LogP contribution is 2.28. The summed E-state index contributed by atoms with van der Waals surface area (Å²) in [6.45, 7) is 12.2. The van der Waals surface area contributed by atoms with Crippen LogP contribution >= 0.6 is 0 Å². The van der Waals surface area contributed by atoms with E-state index in [9.17, 15) is 4.79 Å². The summed E-state index contributed by atoms with van der Waals surface area (Å²) >= 11 is 0. The summed E-state index contributed by atoms with van der Waals surface area (Å²) in [6.07, 6.45) is 7.99. The van der Waals surface area contributed by atoms with E-state index in [2.05, 4.69) is 19.9 Å². The smallest absolute Gasteiger partial charge is 0.408 e. The van der Waals surface area contributed by atoms with Crippen molar-refractivity contribution in [3.8, 4) is 0 Å². The SMILES string of the molecule is CC.CC(C)n1c2c(oc1=O)C=CC(C)(C)C=C2. The van der Waals surface area contributed by atoms with Gasteiger partial charge in [0.1, 0.15) is 0 Å². The molecule has 0 bridgehead atoms. The highest BCUT2D eigenvalue weighted by Gasteiger charge is 2.19. The van der Waals surface area contributed by atoms with E-state index >= 15 is 0 Å². The molecule has 1 aromatic rings. The Kier molecular flexibility index (Phi) is 4.38. The van der Waals surface area contributed by atoms with Gasteiger partial charge in [-0.3, -0.25) is 4.57 Å². The first-order chi connectivity index (χ1) is 8.41. The van der Waals surface area contributed by atoms with Crippen LogP contribution in [0.2, 0.25) is 0 Å². The maximum Gasteiger partial charge on any atom is 0.420 e. The van der Waals surface area contributed by atoms with Crippen molar-refractivity contribution in [1.29, 1.82) is 0 Å². The molecule has 2 rings (SSSR count). The molecule has 1 heterocycles. The van der Waals surface area contributed by atoms with E-state index in [1.165, 1.54) is 0 Å². The van der Waals surface area contributed by atoms with E-state index in [1.54, 1.807) is 4.57 Å². The molecule has 0 saturated heterocycles. The van der Waals surface area contributed by atoms with Crippen LogP contribution in [0.3, 0.4) is 0 Å². The zero-order chi connectivity index (χ0) is 13.9. The number of fused-ring (bicyclic) bond motifs is 1. The van der Waals surface area contributed by atoms with E-state index < -0.39 is 0 Å². The number of hydrogen-bond acceptors (Lipinski definition) is 2. The molecule has 0 radical (unpaired) electrons. The third-order valence-electron chi connectivity index (χ3n) is 2.76. The average Bonchev–Trinajstić information content (AvgIpc) is 2.56. The lowest BCUT2D eigenvalue weighted by molar-refractivity contribution is 0.451. The van der Waals surface area contributed by atoms with Crippen molar-refractivity contribution in [2.75, 3.05) is 0 Å².